The summed E-state index contributed by atoms with van der Waals surface area (Å²) in [5, 5.41) is 7.04. The van der Waals surface area contributed by atoms with E-state index in [0.29, 0.717) is 17.6 Å². The van der Waals surface area contributed by atoms with Crippen LogP contribution in [0.3, 0.4) is 0 Å². The van der Waals surface area contributed by atoms with E-state index >= 15 is 0 Å². The van der Waals surface area contributed by atoms with Gasteiger partial charge in [0.2, 0.25) is 11.5 Å². The molecule has 0 unspecified atom stereocenters. The van der Waals surface area contributed by atoms with Crippen LogP contribution in [-0.2, 0) is 13.1 Å². The molecule has 2 heterocycles. The summed E-state index contributed by atoms with van der Waals surface area (Å²) in [5.41, 5.74) is 3.84. The molecule has 0 aliphatic carbocycles. The lowest BCUT2D eigenvalue weighted by molar-refractivity contribution is 0.0941. The number of amides is 1. The van der Waals surface area contributed by atoms with Crippen LogP contribution in [0.1, 0.15) is 27.3 Å². The topological polar surface area (TPSA) is 81.3 Å². The zero-order valence-corrected chi connectivity index (χ0v) is 17.8. The average Bonchev–Trinajstić information content (AvgIpc) is 3.28. The first-order valence-electron chi connectivity index (χ1n) is 10.5. The van der Waals surface area contributed by atoms with E-state index < -0.39 is 5.91 Å². The maximum atomic E-state index is 13.4. The molecule has 0 spiro atoms. The van der Waals surface area contributed by atoms with Crippen molar-refractivity contribution in [3.8, 4) is 0 Å². The number of aromatic nitrogens is 4. The van der Waals surface area contributed by atoms with Gasteiger partial charge in [-0.3, -0.25) is 14.2 Å². The van der Waals surface area contributed by atoms with Gasteiger partial charge in [0.05, 0.1) is 17.6 Å². The van der Waals surface area contributed by atoms with Gasteiger partial charge in [-0.25, -0.2) is 8.91 Å². The van der Waals surface area contributed by atoms with Gasteiger partial charge in [0.1, 0.15) is 5.82 Å². The minimum Gasteiger partial charge on any atom is -0.345 e. The minimum absolute atomic E-state index is 0.0780. The highest BCUT2D eigenvalue weighted by Gasteiger charge is 2.19. The Kier molecular flexibility index (Phi) is 5.18. The van der Waals surface area contributed by atoms with E-state index in [-0.39, 0.29) is 29.4 Å². The number of benzene rings is 3. The maximum Gasteiger partial charge on any atom is 0.296 e. The zero-order chi connectivity index (χ0) is 22.9. The van der Waals surface area contributed by atoms with E-state index in [4.69, 9.17) is 0 Å². The van der Waals surface area contributed by atoms with Crippen LogP contribution < -0.4 is 10.9 Å². The molecule has 0 radical (unpaired) electrons. The van der Waals surface area contributed by atoms with Crippen LogP contribution in [0.2, 0.25) is 0 Å². The third-order valence-corrected chi connectivity index (χ3v) is 5.45. The van der Waals surface area contributed by atoms with Crippen molar-refractivity contribution >= 4 is 22.6 Å². The highest BCUT2D eigenvalue weighted by Crippen LogP contribution is 2.17. The summed E-state index contributed by atoms with van der Waals surface area (Å²) in [6.07, 6.45) is 0. The summed E-state index contributed by atoms with van der Waals surface area (Å²) in [5.74, 6) is -0.966. The van der Waals surface area contributed by atoms with Crippen LogP contribution in [0.5, 0.6) is 0 Å². The van der Waals surface area contributed by atoms with Gasteiger partial charge in [0.25, 0.3) is 11.5 Å². The van der Waals surface area contributed by atoms with Crippen molar-refractivity contribution in [3.05, 3.63) is 111 Å². The lowest BCUT2D eigenvalue weighted by Gasteiger charge is -2.12. The molecule has 2 aromatic heterocycles. The molecule has 8 heteroatoms. The second-order valence-corrected chi connectivity index (χ2v) is 7.85. The van der Waals surface area contributed by atoms with Gasteiger partial charge in [-0.2, -0.15) is 4.98 Å². The number of rotatable bonds is 5. The highest BCUT2D eigenvalue weighted by molar-refractivity contribution is 5.91. The Hall–Kier alpha value is -4.33. The Morgan fingerprint density at radius 3 is 2.48 bits per heavy atom. The van der Waals surface area contributed by atoms with Gasteiger partial charge < -0.3 is 5.32 Å². The van der Waals surface area contributed by atoms with Gasteiger partial charge in [-0.1, -0.05) is 48.5 Å². The quantitative estimate of drug-likeness (QED) is 0.453. The van der Waals surface area contributed by atoms with Crippen LogP contribution >= 0.6 is 0 Å². The number of nitrogens with zero attached hydrogens (tertiary/aromatic N) is 4. The second kappa shape index (κ2) is 8.31. The smallest absolute Gasteiger partial charge is 0.296 e. The fourth-order valence-electron chi connectivity index (χ4n) is 3.76. The minimum atomic E-state index is -0.516. The molecule has 5 rings (SSSR count). The predicted molar refractivity (Wildman–Crippen MR) is 123 cm³/mol. The summed E-state index contributed by atoms with van der Waals surface area (Å²) >= 11 is 0. The molecule has 164 valence electrons. The lowest BCUT2D eigenvalue weighted by atomic mass is 10.2. The molecule has 0 bridgehead atoms. The SMILES string of the molecule is Cc1ccc2c(c1)n(Cc1ccccc1)c(=O)c1nc(C(=O)NCc3ccc(F)cc3)nn12. The number of hydrogen-bond acceptors (Lipinski definition) is 4. The molecule has 7 nitrogen and oxygen atoms in total. The van der Waals surface area contributed by atoms with Crippen molar-refractivity contribution in [1.29, 1.82) is 0 Å². The van der Waals surface area contributed by atoms with Crippen LogP contribution in [0.4, 0.5) is 4.39 Å². The molecule has 0 saturated heterocycles. The van der Waals surface area contributed by atoms with Crippen molar-refractivity contribution in [2.75, 3.05) is 0 Å². The third-order valence-electron chi connectivity index (χ3n) is 5.45. The molecule has 0 fully saturated rings. The van der Waals surface area contributed by atoms with Crippen molar-refractivity contribution in [2.24, 2.45) is 0 Å². The molecule has 0 saturated carbocycles. The van der Waals surface area contributed by atoms with Crippen LogP contribution in [0, 0.1) is 12.7 Å². The number of carbonyl (C=O) groups is 1. The van der Waals surface area contributed by atoms with Crippen LogP contribution in [-0.4, -0.2) is 25.1 Å². The summed E-state index contributed by atoms with van der Waals surface area (Å²) in [6.45, 7) is 2.51. The fraction of sp³-hybridized carbons (Fsp3) is 0.120. The van der Waals surface area contributed by atoms with E-state index in [2.05, 4.69) is 15.4 Å². The highest BCUT2D eigenvalue weighted by atomic mass is 19.1. The maximum absolute atomic E-state index is 13.4. The second-order valence-electron chi connectivity index (χ2n) is 7.85. The predicted octanol–water partition coefficient (Wildman–Crippen LogP) is 3.47. The number of hydrogen-bond donors (Lipinski definition) is 1. The number of fused-ring (bicyclic) bond motifs is 3. The van der Waals surface area contributed by atoms with E-state index in [1.165, 1.54) is 16.6 Å². The molecular weight excluding hydrogens is 421 g/mol. The Labute approximate surface area is 188 Å². The van der Waals surface area contributed by atoms with Crippen molar-refractivity contribution in [2.45, 2.75) is 20.0 Å². The van der Waals surface area contributed by atoms with E-state index in [1.54, 1.807) is 16.7 Å². The number of carbonyl (C=O) groups excluding carboxylic acids is 1. The monoisotopic (exact) mass is 441 g/mol. The van der Waals surface area contributed by atoms with Gasteiger partial charge in [-0.15, -0.1) is 5.10 Å². The summed E-state index contributed by atoms with van der Waals surface area (Å²) in [6, 6.07) is 21.2. The molecule has 1 amide bonds. The van der Waals surface area contributed by atoms with Crippen LogP contribution in [0.25, 0.3) is 16.7 Å². The van der Waals surface area contributed by atoms with E-state index in [9.17, 15) is 14.0 Å². The first-order chi connectivity index (χ1) is 16.0. The molecule has 0 atom stereocenters. The van der Waals surface area contributed by atoms with Crippen molar-refractivity contribution < 1.29 is 9.18 Å². The molecule has 0 aliphatic heterocycles. The van der Waals surface area contributed by atoms with E-state index in [1.807, 2.05) is 55.5 Å². The third kappa shape index (κ3) is 3.98. The molecule has 1 N–H and O–H groups in total. The Morgan fingerprint density at radius 1 is 0.970 bits per heavy atom. The molecule has 5 aromatic rings. The summed E-state index contributed by atoms with van der Waals surface area (Å²) in [4.78, 5) is 30.3. The lowest BCUT2D eigenvalue weighted by Crippen LogP contribution is -2.24. The molecular formula is C25H20FN5O2. The largest absolute Gasteiger partial charge is 0.345 e. The fourth-order valence-corrected chi connectivity index (χ4v) is 3.76. The van der Waals surface area contributed by atoms with Crippen LogP contribution in [0.15, 0.2) is 77.6 Å². The molecule has 3 aromatic carbocycles. The van der Waals surface area contributed by atoms with Gasteiger partial charge in [0, 0.05) is 6.54 Å². The number of nitrogens with one attached hydrogen (secondary N) is 1. The Bertz CT molecular complexity index is 1540. The average molecular weight is 441 g/mol. The Balaban J connectivity index is 1.56. The standard InChI is InChI=1S/C25H20FN5O2/c1-16-7-12-20-21(13-16)30(15-18-5-3-2-4-6-18)25(33)23-28-22(29-31(20)23)24(32)27-14-17-8-10-19(26)11-9-17/h2-13H,14-15H2,1H3,(H,27,32). The van der Waals surface area contributed by atoms with Gasteiger partial charge in [0.15, 0.2) is 0 Å². The normalized spacial score (nSPS) is 11.2. The first-order valence-corrected chi connectivity index (χ1v) is 10.5. The van der Waals surface area contributed by atoms with Crippen molar-refractivity contribution in [3.63, 3.8) is 0 Å². The molecule has 33 heavy (non-hydrogen) atoms. The summed E-state index contributed by atoms with van der Waals surface area (Å²) in [7, 11) is 0. The molecule has 0 aliphatic rings. The van der Waals surface area contributed by atoms with Crippen molar-refractivity contribution in [1.82, 2.24) is 24.5 Å². The van der Waals surface area contributed by atoms with Gasteiger partial charge >= 0.3 is 0 Å². The first kappa shape index (κ1) is 20.6. The van der Waals surface area contributed by atoms with E-state index in [0.717, 1.165) is 16.7 Å². The number of aryl methyl sites for hydroxylation is 1. The summed E-state index contributed by atoms with van der Waals surface area (Å²) < 4.78 is 16.2. The van der Waals surface area contributed by atoms with Gasteiger partial charge in [-0.05, 0) is 47.9 Å². The zero-order valence-electron chi connectivity index (χ0n) is 17.8. The Morgan fingerprint density at radius 2 is 1.73 bits per heavy atom. The number of halogens is 1.